The molecule has 25 heavy (non-hydrogen) atoms. The van der Waals surface area contributed by atoms with E-state index in [1.165, 1.54) is 23.0 Å². The van der Waals surface area contributed by atoms with E-state index in [2.05, 4.69) is 31.3 Å². The molecule has 0 aliphatic heterocycles. The van der Waals surface area contributed by atoms with Crippen molar-refractivity contribution in [3.63, 3.8) is 0 Å². The van der Waals surface area contributed by atoms with Gasteiger partial charge in [0.25, 0.3) is 5.91 Å². The molecule has 0 unspecified atom stereocenters. The molecule has 2 amide bonds. The minimum Gasteiger partial charge on any atom is -0.365 e. The first-order valence-corrected chi connectivity index (χ1v) is 9.16. The van der Waals surface area contributed by atoms with Crippen LogP contribution in [0.4, 0.5) is 5.00 Å². The van der Waals surface area contributed by atoms with E-state index in [1.54, 1.807) is 6.08 Å². The maximum Gasteiger partial charge on any atom is 0.251 e. The highest BCUT2D eigenvalue weighted by Gasteiger charge is 2.19. The van der Waals surface area contributed by atoms with Crippen LogP contribution in [0.25, 0.3) is 6.08 Å². The molecule has 1 heterocycles. The Labute approximate surface area is 152 Å². The fourth-order valence-corrected chi connectivity index (χ4v) is 3.82. The van der Waals surface area contributed by atoms with Crippen molar-refractivity contribution in [2.24, 2.45) is 5.73 Å². The summed E-state index contributed by atoms with van der Waals surface area (Å²) < 4.78 is 0. The Balaban J connectivity index is 2.13. The van der Waals surface area contributed by atoms with Gasteiger partial charge in [0.1, 0.15) is 5.00 Å². The molecule has 0 atom stereocenters. The smallest absolute Gasteiger partial charge is 0.251 e. The van der Waals surface area contributed by atoms with Crippen LogP contribution in [0.15, 0.2) is 30.3 Å². The summed E-state index contributed by atoms with van der Waals surface area (Å²) in [6, 6.07) is 8.09. The Kier molecular flexibility index (Phi) is 6.15. The fourth-order valence-electron chi connectivity index (χ4n) is 2.67. The lowest BCUT2D eigenvalue weighted by Crippen LogP contribution is -2.16. The van der Waals surface area contributed by atoms with E-state index in [0.717, 1.165) is 16.0 Å². The number of carbonyl (C=O) groups excluding carboxylic acids is 2. The number of nitrogens with two attached hydrogens (primary N) is 1. The molecule has 3 N–H and O–H groups in total. The van der Waals surface area contributed by atoms with Gasteiger partial charge < -0.3 is 11.1 Å². The molecule has 0 bridgehead atoms. The summed E-state index contributed by atoms with van der Waals surface area (Å²) in [6.07, 6.45) is 3.93. The minimum atomic E-state index is -0.509. The molecule has 0 spiro atoms. The van der Waals surface area contributed by atoms with Gasteiger partial charge in [0.05, 0.1) is 5.56 Å². The molecule has 0 saturated carbocycles. The Hall–Kier alpha value is -2.40. The maximum absolute atomic E-state index is 12.2. The number of anilines is 1. The number of nitrogens with one attached hydrogen (secondary N) is 1. The topological polar surface area (TPSA) is 72.2 Å². The second kappa shape index (κ2) is 8.12. The Bertz CT molecular complexity index is 802. The third kappa shape index (κ3) is 4.57. The van der Waals surface area contributed by atoms with Crippen LogP contribution < -0.4 is 11.1 Å². The summed E-state index contributed by atoms with van der Waals surface area (Å²) in [5, 5.41) is 3.30. The lowest BCUT2D eigenvalue weighted by molar-refractivity contribution is -0.111. The van der Waals surface area contributed by atoms with Gasteiger partial charge in [-0.1, -0.05) is 45.0 Å². The molecule has 132 valence electrons. The van der Waals surface area contributed by atoms with Crippen molar-refractivity contribution in [2.75, 3.05) is 5.32 Å². The number of thiophene rings is 1. The highest BCUT2D eigenvalue weighted by molar-refractivity contribution is 7.16. The first-order chi connectivity index (χ1) is 11.8. The standard InChI is InChI=1S/C20H24N2O2S/c1-5-16-13(4)25-20(18(16)19(21)24)22-17(23)11-8-14-6-9-15(10-7-14)12(2)3/h6-12H,5H2,1-4H3,(H2,21,24)(H,22,23)/b11-8+. The zero-order valence-corrected chi connectivity index (χ0v) is 15.9. The molecule has 0 radical (unpaired) electrons. The van der Waals surface area contributed by atoms with Crippen LogP contribution in [0, 0.1) is 6.92 Å². The third-order valence-corrected chi connectivity index (χ3v) is 5.14. The molecule has 2 aromatic rings. The van der Waals surface area contributed by atoms with E-state index < -0.39 is 5.91 Å². The molecular weight excluding hydrogens is 332 g/mol. The van der Waals surface area contributed by atoms with E-state index in [4.69, 9.17) is 5.73 Å². The van der Waals surface area contributed by atoms with Crippen molar-refractivity contribution in [3.8, 4) is 0 Å². The van der Waals surface area contributed by atoms with E-state index >= 15 is 0 Å². The summed E-state index contributed by atoms with van der Waals surface area (Å²) in [5.41, 5.74) is 9.02. The molecule has 0 aliphatic carbocycles. The van der Waals surface area contributed by atoms with Gasteiger partial charge in [0.15, 0.2) is 0 Å². The highest BCUT2D eigenvalue weighted by atomic mass is 32.1. The number of carbonyl (C=O) groups is 2. The number of rotatable bonds is 6. The van der Waals surface area contributed by atoms with E-state index in [1.807, 2.05) is 26.0 Å². The Morgan fingerprint density at radius 2 is 1.88 bits per heavy atom. The predicted molar refractivity (Wildman–Crippen MR) is 105 cm³/mol. The van der Waals surface area contributed by atoms with Crippen LogP contribution in [-0.2, 0) is 11.2 Å². The van der Waals surface area contributed by atoms with Gasteiger partial charge in [-0.05, 0) is 42.0 Å². The number of aryl methyl sites for hydroxylation is 1. The Morgan fingerprint density at radius 1 is 1.24 bits per heavy atom. The monoisotopic (exact) mass is 356 g/mol. The second-order valence-electron chi connectivity index (χ2n) is 6.20. The molecule has 4 nitrogen and oxygen atoms in total. The summed E-state index contributed by atoms with van der Waals surface area (Å²) in [6.45, 7) is 8.18. The van der Waals surface area contributed by atoms with E-state index in [0.29, 0.717) is 22.9 Å². The summed E-state index contributed by atoms with van der Waals surface area (Å²) >= 11 is 1.38. The highest BCUT2D eigenvalue weighted by Crippen LogP contribution is 2.33. The van der Waals surface area contributed by atoms with Crippen LogP contribution in [0.3, 0.4) is 0 Å². The normalized spacial score (nSPS) is 11.2. The van der Waals surface area contributed by atoms with E-state index in [9.17, 15) is 9.59 Å². The van der Waals surface area contributed by atoms with Crippen molar-refractivity contribution in [2.45, 2.75) is 40.0 Å². The zero-order valence-electron chi connectivity index (χ0n) is 15.1. The lowest BCUT2D eigenvalue weighted by Gasteiger charge is -2.05. The molecule has 1 aromatic heterocycles. The average molecular weight is 356 g/mol. The zero-order chi connectivity index (χ0) is 18.6. The molecule has 5 heteroatoms. The largest absolute Gasteiger partial charge is 0.365 e. The first-order valence-electron chi connectivity index (χ1n) is 8.34. The van der Waals surface area contributed by atoms with Crippen molar-refractivity contribution in [1.82, 2.24) is 0 Å². The number of hydrogen-bond acceptors (Lipinski definition) is 3. The van der Waals surface area contributed by atoms with Crippen LogP contribution in [0.1, 0.15) is 58.6 Å². The van der Waals surface area contributed by atoms with Gasteiger partial charge in [-0.15, -0.1) is 11.3 Å². The molecular formula is C20H24N2O2S. The number of hydrogen-bond donors (Lipinski definition) is 2. The van der Waals surface area contributed by atoms with Crippen molar-refractivity contribution in [1.29, 1.82) is 0 Å². The number of primary amides is 1. The van der Waals surface area contributed by atoms with Gasteiger partial charge in [0.2, 0.25) is 5.91 Å². The molecule has 0 saturated heterocycles. The van der Waals surface area contributed by atoms with Gasteiger partial charge in [-0.25, -0.2) is 0 Å². The quantitative estimate of drug-likeness (QED) is 0.748. The van der Waals surface area contributed by atoms with Crippen molar-refractivity contribution in [3.05, 3.63) is 57.5 Å². The summed E-state index contributed by atoms with van der Waals surface area (Å²) in [7, 11) is 0. The van der Waals surface area contributed by atoms with Crippen LogP contribution in [-0.4, -0.2) is 11.8 Å². The van der Waals surface area contributed by atoms with Gasteiger partial charge in [-0.3, -0.25) is 9.59 Å². The fraction of sp³-hybridized carbons (Fsp3) is 0.300. The van der Waals surface area contributed by atoms with Gasteiger partial charge >= 0.3 is 0 Å². The SMILES string of the molecule is CCc1c(C)sc(NC(=O)/C=C/c2ccc(C(C)C)cc2)c1C(N)=O. The summed E-state index contributed by atoms with van der Waals surface area (Å²) in [5.74, 6) is -0.313. The molecule has 0 aliphatic rings. The van der Waals surface area contributed by atoms with Crippen LogP contribution in [0.2, 0.25) is 0 Å². The molecule has 2 rings (SSSR count). The average Bonchev–Trinajstić information content (AvgIpc) is 2.88. The lowest BCUT2D eigenvalue weighted by atomic mass is 10.0. The predicted octanol–water partition coefficient (Wildman–Crippen LogP) is 4.49. The molecule has 1 aromatic carbocycles. The minimum absolute atomic E-state index is 0.278. The van der Waals surface area contributed by atoms with Crippen LogP contribution in [0.5, 0.6) is 0 Å². The summed E-state index contributed by atoms with van der Waals surface area (Å²) in [4.78, 5) is 24.9. The van der Waals surface area contributed by atoms with Gasteiger partial charge in [0, 0.05) is 11.0 Å². The van der Waals surface area contributed by atoms with E-state index in [-0.39, 0.29) is 5.91 Å². The number of benzene rings is 1. The Morgan fingerprint density at radius 3 is 2.40 bits per heavy atom. The maximum atomic E-state index is 12.2. The number of amides is 2. The molecule has 0 fully saturated rings. The van der Waals surface area contributed by atoms with Crippen molar-refractivity contribution < 1.29 is 9.59 Å². The van der Waals surface area contributed by atoms with Crippen molar-refractivity contribution >= 4 is 34.2 Å². The first kappa shape index (κ1) is 18.9. The van der Waals surface area contributed by atoms with Crippen LogP contribution >= 0.6 is 11.3 Å². The second-order valence-corrected chi connectivity index (χ2v) is 7.43. The third-order valence-electron chi connectivity index (χ3n) is 4.08. The van der Waals surface area contributed by atoms with Gasteiger partial charge in [-0.2, -0.15) is 0 Å².